The highest BCUT2D eigenvalue weighted by Crippen LogP contribution is 2.33. The molecule has 0 radical (unpaired) electrons. The van der Waals surface area contributed by atoms with Crippen molar-refractivity contribution in [2.24, 2.45) is 0 Å². The Balaban J connectivity index is 1.86. The van der Waals surface area contributed by atoms with Gasteiger partial charge >= 0.3 is 0 Å². The molecule has 0 aromatic carbocycles. The van der Waals surface area contributed by atoms with E-state index in [1.807, 2.05) is 26.2 Å². The van der Waals surface area contributed by atoms with E-state index < -0.39 is 0 Å². The molecule has 1 aliphatic carbocycles. The van der Waals surface area contributed by atoms with Gasteiger partial charge in [0, 0.05) is 53.8 Å². The number of aromatic nitrogens is 2. The molecule has 0 bridgehead atoms. The van der Waals surface area contributed by atoms with Crippen molar-refractivity contribution in [1.82, 2.24) is 14.9 Å². The lowest BCUT2D eigenvalue weighted by atomic mass is 10.1. The Kier molecular flexibility index (Phi) is 5.47. The molecule has 0 saturated heterocycles. The molecule has 0 N–H and O–H groups in total. The lowest BCUT2D eigenvalue weighted by molar-refractivity contribution is 0.237. The average Bonchev–Trinajstić information content (AvgIpc) is 3.44. The van der Waals surface area contributed by atoms with Crippen molar-refractivity contribution in [3.05, 3.63) is 46.0 Å². The van der Waals surface area contributed by atoms with Gasteiger partial charge in [-0.1, -0.05) is 0 Å². The van der Waals surface area contributed by atoms with Crippen LogP contribution in [-0.4, -0.2) is 35.1 Å². The monoisotopic (exact) mass is 355 g/mol. The van der Waals surface area contributed by atoms with E-state index in [9.17, 15) is 0 Å². The molecule has 2 heterocycles. The maximum Gasteiger partial charge on any atom is 0.128 e. The smallest absolute Gasteiger partial charge is 0.128 e. The first-order valence-corrected chi connectivity index (χ1v) is 9.18. The number of rotatable bonds is 7. The standard InChI is InChI=1S/C21H29N3O2/c1-13-9-22-18(15(3)20(13)25-5)11-24(17-7-8-17)12-19-16(4)21(26-6)14(2)10-23-19/h9-10,17H,7-8,11-12H2,1-6H3. The van der Waals surface area contributed by atoms with Crippen LogP contribution >= 0.6 is 0 Å². The van der Waals surface area contributed by atoms with Crippen LogP contribution in [0.3, 0.4) is 0 Å². The maximum absolute atomic E-state index is 5.57. The summed E-state index contributed by atoms with van der Waals surface area (Å²) in [6, 6.07) is 0.608. The molecule has 0 amide bonds. The fourth-order valence-electron chi connectivity index (χ4n) is 3.60. The van der Waals surface area contributed by atoms with Gasteiger partial charge in [-0.25, -0.2) is 0 Å². The second kappa shape index (κ2) is 7.62. The predicted molar refractivity (Wildman–Crippen MR) is 103 cm³/mol. The van der Waals surface area contributed by atoms with E-state index in [0.717, 1.165) is 58.2 Å². The Morgan fingerprint density at radius 1 is 0.846 bits per heavy atom. The summed E-state index contributed by atoms with van der Waals surface area (Å²) in [5, 5.41) is 0. The zero-order valence-corrected chi connectivity index (χ0v) is 16.7. The maximum atomic E-state index is 5.57. The van der Waals surface area contributed by atoms with Crippen molar-refractivity contribution < 1.29 is 9.47 Å². The lowest BCUT2D eigenvalue weighted by Crippen LogP contribution is -2.27. The molecule has 1 aliphatic rings. The molecule has 2 aromatic heterocycles. The van der Waals surface area contributed by atoms with Crippen LogP contribution in [0.5, 0.6) is 11.5 Å². The zero-order chi connectivity index (χ0) is 18.8. The second-order valence-electron chi connectivity index (χ2n) is 7.23. The van der Waals surface area contributed by atoms with Crippen molar-refractivity contribution >= 4 is 0 Å². The third-order valence-electron chi connectivity index (χ3n) is 5.27. The van der Waals surface area contributed by atoms with Gasteiger partial charge in [0.05, 0.1) is 25.6 Å². The van der Waals surface area contributed by atoms with Crippen LogP contribution < -0.4 is 9.47 Å². The fraction of sp³-hybridized carbons (Fsp3) is 0.524. The van der Waals surface area contributed by atoms with Gasteiger partial charge in [-0.2, -0.15) is 0 Å². The lowest BCUT2D eigenvalue weighted by Gasteiger charge is -2.24. The summed E-state index contributed by atoms with van der Waals surface area (Å²) in [5.74, 6) is 1.88. The second-order valence-corrected chi connectivity index (χ2v) is 7.23. The number of aryl methyl sites for hydroxylation is 2. The van der Waals surface area contributed by atoms with Gasteiger partial charge in [0.2, 0.25) is 0 Å². The van der Waals surface area contributed by atoms with E-state index in [0.29, 0.717) is 6.04 Å². The topological polar surface area (TPSA) is 47.5 Å². The van der Waals surface area contributed by atoms with E-state index in [1.165, 1.54) is 12.8 Å². The van der Waals surface area contributed by atoms with E-state index in [4.69, 9.17) is 9.47 Å². The average molecular weight is 355 g/mol. The highest BCUT2D eigenvalue weighted by molar-refractivity contribution is 5.42. The normalized spacial score (nSPS) is 14.0. The number of hydrogen-bond donors (Lipinski definition) is 0. The Hall–Kier alpha value is -2.14. The van der Waals surface area contributed by atoms with E-state index in [1.54, 1.807) is 14.2 Å². The van der Waals surface area contributed by atoms with Crippen molar-refractivity contribution in [3.63, 3.8) is 0 Å². The van der Waals surface area contributed by atoms with Gasteiger partial charge in [-0.3, -0.25) is 14.9 Å². The van der Waals surface area contributed by atoms with Gasteiger partial charge in [0.1, 0.15) is 11.5 Å². The first kappa shape index (κ1) is 18.6. The zero-order valence-electron chi connectivity index (χ0n) is 16.7. The van der Waals surface area contributed by atoms with Crippen LogP contribution in [0.4, 0.5) is 0 Å². The van der Waals surface area contributed by atoms with E-state index in [-0.39, 0.29) is 0 Å². The third-order valence-corrected chi connectivity index (χ3v) is 5.27. The molecule has 2 aromatic rings. The molecule has 5 heteroatoms. The molecular formula is C21H29N3O2. The van der Waals surface area contributed by atoms with Crippen LogP contribution in [0.15, 0.2) is 12.4 Å². The largest absolute Gasteiger partial charge is 0.496 e. The number of ether oxygens (including phenoxy) is 2. The first-order valence-electron chi connectivity index (χ1n) is 9.18. The number of methoxy groups -OCH3 is 2. The van der Waals surface area contributed by atoms with Crippen LogP contribution in [0.25, 0.3) is 0 Å². The Bertz CT molecular complexity index is 739. The minimum atomic E-state index is 0.608. The quantitative estimate of drug-likeness (QED) is 0.754. The van der Waals surface area contributed by atoms with Crippen molar-refractivity contribution in [1.29, 1.82) is 0 Å². The summed E-state index contributed by atoms with van der Waals surface area (Å²) in [6.07, 6.45) is 6.30. The minimum absolute atomic E-state index is 0.608. The molecule has 0 atom stereocenters. The van der Waals surface area contributed by atoms with Gasteiger partial charge in [-0.15, -0.1) is 0 Å². The highest BCUT2D eigenvalue weighted by atomic mass is 16.5. The molecule has 0 spiro atoms. The van der Waals surface area contributed by atoms with Crippen molar-refractivity contribution in [2.75, 3.05) is 14.2 Å². The molecular weight excluding hydrogens is 326 g/mol. The van der Waals surface area contributed by atoms with Gasteiger partial charge < -0.3 is 9.47 Å². The molecule has 1 fully saturated rings. The number of hydrogen-bond acceptors (Lipinski definition) is 5. The summed E-state index contributed by atoms with van der Waals surface area (Å²) in [6.45, 7) is 9.88. The van der Waals surface area contributed by atoms with Crippen LogP contribution in [-0.2, 0) is 13.1 Å². The number of nitrogens with zero attached hydrogens (tertiary/aromatic N) is 3. The SMILES string of the molecule is COc1c(C)cnc(CN(Cc2ncc(C)c(OC)c2C)C2CC2)c1C. The molecule has 3 rings (SSSR count). The van der Waals surface area contributed by atoms with Gasteiger partial charge in [0.25, 0.3) is 0 Å². The van der Waals surface area contributed by atoms with Crippen LogP contribution in [0, 0.1) is 27.7 Å². The van der Waals surface area contributed by atoms with Gasteiger partial charge in [0.15, 0.2) is 0 Å². The molecule has 26 heavy (non-hydrogen) atoms. The summed E-state index contributed by atoms with van der Waals surface area (Å²) < 4.78 is 11.1. The third kappa shape index (κ3) is 3.68. The minimum Gasteiger partial charge on any atom is -0.496 e. The molecule has 5 nitrogen and oxygen atoms in total. The summed E-state index contributed by atoms with van der Waals surface area (Å²) in [5.41, 5.74) is 6.57. The Labute approximate surface area is 156 Å². The van der Waals surface area contributed by atoms with Crippen LogP contribution in [0.1, 0.15) is 46.5 Å². The summed E-state index contributed by atoms with van der Waals surface area (Å²) in [4.78, 5) is 11.8. The Morgan fingerprint density at radius 2 is 1.27 bits per heavy atom. The summed E-state index contributed by atoms with van der Waals surface area (Å²) in [7, 11) is 3.45. The van der Waals surface area contributed by atoms with Gasteiger partial charge in [-0.05, 0) is 40.5 Å². The molecule has 0 unspecified atom stereocenters. The van der Waals surface area contributed by atoms with E-state index >= 15 is 0 Å². The molecule has 0 aliphatic heterocycles. The Morgan fingerprint density at radius 3 is 1.62 bits per heavy atom. The van der Waals surface area contributed by atoms with Crippen molar-refractivity contribution in [3.8, 4) is 11.5 Å². The first-order chi connectivity index (χ1) is 12.5. The van der Waals surface area contributed by atoms with Crippen LogP contribution in [0.2, 0.25) is 0 Å². The fourth-order valence-corrected chi connectivity index (χ4v) is 3.60. The molecule has 1 saturated carbocycles. The highest BCUT2D eigenvalue weighted by Gasteiger charge is 2.31. The van der Waals surface area contributed by atoms with E-state index in [2.05, 4.69) is 28.7 Å². The number of pyridine rings is 2. The predicted octanol–water partition coefficient (Wildman–Crippen LogP) is 3.89. The summed E-state index contributed by atoms with van der Waals surface area (Å²) >= 11 is 0. The molecule has 140 valence electrons. The van der Waals surface area contributed by atoms with Crippen molar-refractivity contribution in [2.45, 2.75) is 59.7 Å².